The van der Waals surface area contributed by atoms with Crippen LogP contribution in [0.5, 0.6) is 0 Å². The van der Waals surface area contributed by atoms with Crippen LogP contribution in [-0.4, -0.2) is 28.0 Å². The summed E-state index contributed by atoms with van der Waals surface area (Å²) in [5.74, 6) is 0.0181. The molecule has 1 aromatic carbocycles. The first kappa shape index (κ1) is 13.9. The molecule has 1 aliphatic rings. The average molecular weight is 279 g/mol. The van der Waals surface area contributed by atoms with E-state index >= 15 is 0 Å². The summed E-state index contributed by atoms with van der Waals surface area (Å²) in [5, 5.41) is 11.8. The highest BCUT2D eigenvalue weighted by Crippen LogP contribution is 2.27. The van der Waals surface area contributed by atoms with Crippen molar-refractivity contribution >= 4 is 29.3 Å². The molecule has 1 atom stereocenters. The van der Waals surface area contributed by atoms with E-state index in [2.05, 4.69) is 5.32 Å². The third-order valence-electron chi connectivity index (χ3n) is 3.21. The maximum atomic E-state index is 12.1. The molecule has 0 aliphatic carbocycles. The highest BCUT2D eigenvalue weighted by Gasteiger charge is 2.22. The van der Waals surface area contributed by atoms with Crippen molar-refractivity contribution in [2.45, 2.75) is 31.4 Å². The third-order valence-corrected chi connectivity index (χ3v) is 4.59. The smallest absolute Gasteiger partial charge is 0.335 e. The predicted molar refractivity (Wildman–Crippen MR) is 76.9 cm³/mol. The van der Waals surface area contributed by atoms with Crippen LogP contribution in [0.2, 0.25) is 0 Å². The molecule has 2 rings (SSSR count). The van der Waals surface area contributed by atoms with E-state index in [1.807, 2.05) is 6.92 Å². The predicted octanol–water partition coefficient (Wildman–Crippen LogP) is 2.92. The number of hydrogen-bond acceptors (Lipinski definition) is 3. The first-order valence-corrected chi connectivity index (χ1v) is 7.39. The first-order valence-electron chi connectivity index (χ1n) is 6.34. The number of anilines is 1. The number of carboxylic acid groups (broad SMARTS) is 1. The van der Waals surface area contributed by atoms with E-state index in [9.17, 15) is 9.59 Å². The lowest BCUT2D eigenvalue weighted by molar-refractivity contribution is -0.115. The third kappa shape index (κ3) is 3.50. The van der Waals surface area contributed by atoms with Gasteiger partial charge in [-0.25, -0.2) is 4.79 Å². The van der Waals surface area contributed by atoms with E-state index in [4.69, 9.17) is 5.11 Å². The molecule has 19 heavy (non-hydrogen) atoms. The van der Waals surface area contributed by atoms with Crippen molar-refractivity contribution in [1.29, 1.82) is 0 Å². The molecule has 0 bridgehead atoms. The standard InChI is InChI=1S/C14H17NO3S/c1-9-5-6-10(14(17)18)8-11(9)15-13(16)12-4-2-3-7-19-12/h5-6,8,12H,2-4,7H2,1H3,(H,15,16)(H,17,18). The Morgan fingerprint density at radius 2 is 2.16 bits per heavy atom. The second-order valence-electron chi connectivity index (χ2n) is 4.68. The number of benzene rings is 1. The summed E-state index contributed by atoms with van der Waals surface area (Å²) in [4.78, 5) is 23.1. The number of rotatable bonds is 3. The molecule has 1 aliphatic heterocycles. The Labute approximate surface area is 116 Å². The summed E-state index contributed by atoms with van der Waals surface area (Å²) in [5.41, 5.74) is 1.66. The van der Waals surface area contributed by atoms with Gasteiger partial charge in [-0.2, -0.15) is 0 Å². The number of hydrogen-bond donors (Lipinski definition) is 2. The normalized spacial score (nSPS) is 18.9. The molecule has 5 heteroatoms. The number of carboxylic acids is 1. The van der Waals surface area contributed by atoms with Gasteiger partial charge in [0, 0.05) is 5.69 Å². The van der Waals surface area contributed by atoms with Crippen LogP contribution < -0.4 is 5.32 Å². The van der Waals surface area contributed by atoms with E-state index in [1.54, 1.807) is 23.9 Å². The molecule has 0 aromatic heterocycles. The van der Waals surface area contributed by atoms with Gasteiger partial charge in [-0.15, -0.1) is 11.8 Å². The highest BCUT2D eigenvalue weighted by molar-refractivity contribution is 8.00. The van der Waals surface area contributed by atoms with E-state index in [1.165, 1.54) is 12.5 Å². The topological polar surface area (TPSA) is 66.4 Å². The van der Waals surface area contributed by atoms with Crippen LogP contribution in [0.1, 0.15) is 35.2 Å². The molecule has 1 fully saturated rings. The van der Waals surface area contributed by atoms with Crippen molar-refractivity contribution in [3.8, 4) is 0 Å². The monoisotopic (exact) mass is 279 g/mol. The average Bonchev–Trinajstić information content (AvgIpc) is 2.42. The SMILES string of the molecule is Cc1ccc(C(=O)O)cc1NC(=O)C1CCCCS1. The number of thioether (sulfide) groups is 1. The van der Waals surface area contributed by atoms with Crippen LogP contribution >= 0.6 is 11.8 Å². The molecule has 1 aromatic rings. The Morgan fingerprint density at radius 3 is 2.79 bits per heavy atom. The summed E-state index contributed by atoms with van der Waals surface area (Å²) < 4.78 is 0. The van der Waals surface area contributed by atoms with Gasteiger partial charge >= 0.3 is 5.97 Å². The van der Waals surface area contributed by atoms with Gasteiger partial charge in [-0.3, -0.25) is 4.79 Å². The van der Waals surface area contributed by atoms with E-state index in [-0.39, 0.29) is 16.7 Å². The summed E-state index contributed by atoms with van der Waals surface area (Å²) >= 11 is 1.68. The van der Waals surface area contributed by atoms with Gasteiger partial charge in [-0.1, -0.05) is 12.5 Å². The van der Waals surface area contributed by atoms with Crippen LogP contribution in [0.15, 0.2) is 18.2 Å². The van der Waals surface area contributed by atoms with E-state index < -0.39 is 5.97 Å². The molecule has 1 unspecified atom stereocenters. The molecule has 1 heterocycles. The molecule has 0 saturated carbocycles. The van der Waals surface area contributed by atoms with Crippen LogP contribution in [-0.2, 0) is 4.79 Å². The minimum Gasteiger partial charge on any atom is -0.478 e. The second-order valence-corrected chi connectivity index (χ2v) is 5.99. The zero-order valence-corrected chi connectivity index (χ0v) is 11.6. The molecule has 0 radical (unpaired) electrons. The lowest BCUT2D eigenvalue weighted by atomic mass is 10.1. The van der Waals surface area contributed by atoms with Crippen molar-refractivity contribution in [2.75, 3.05) is 11.1 Å². The molecule has 1 amide bonds. The van der Waals surface area contributed by atoms with Gasteiger partial charge < -0.3 is 10.4 Å². The molecule has 2 N–H and O–H groups in total. The fraction of sp³-hybridized carbons (Fsp3) is 0.429. The van der Waals surface area contributed by atoms with Crippen LogP contribution in [0.4, 0.5) is 5.69 Å². The molecule has 102 valence electrons. The van der Waals surface area contributed by atoms with Crippen molar-refractivity contribution in [2.24, 2.45) is 0 Å². The maximum absolute atomic E-state index is 12.1. The fourth-order valence-corrected chi connectivity index (χ4v) is 3.25. The van der Waals surface area contributed by atoms with Crippen LogP contribution in [0.3, 0.4) is 0 Å². The Kier molecular flexibility index (Phi) is 4.47. The van der Waals surface area contributed by atoms with Crippen molar-refractivity contribution in [3.63, 3.8) is 0 Å². The first-order chi connectivity index (χ1) is 9.08. The quantitative estimate of drug-likeness (QED) is 0.892. The Hall–Kier alpha value is -1.49. The van der Waals surface area contributed by atoms with Gasteiger partial charge in [0.05, 0.1) is 10.8 Å². The van der Waals surface area contributed by atoms with Crippen LogP contribution in [0.25, 0.3) is 0 Å². The molecule has 4 nitrogen and oxygen atoms in total. The van der Waals surface area contributed by atoms with E-state index in [0.29, 0.717) is 5.69 Å². The number of carbonyl (C=O) groups is 2. The van der Waals surface area contributed by atoms with Crippen molar-refractivity contribution in [1.82, 2.24) is 0 Å². The zero-order chi connectivity index (χ0) is 13.8. The number of aromatic carboxylic acids is 1. The largest absolute Gasteiger partial charge is 0.478 e. The van der Waals surface area contributed by atoms with Crippen molar-refractivity contribution in [3.05, 3.63) is 29.3 Å². The van der Waals surface area contributed by atoms with Gasteiger partial charge in [0.2, 0.25) is 5.91 Å². The summed E-state index contributed by atoms with van der Waals surface area (Å²) in [6.45, 7) is 1.86. The molecular weight excluding hydrogens is 262 g/mol. The van der Waals surface area contributed by atoms with Crippen molar-refractivity contribution < 1.29 is 14.7 Å². The van der Waals surface area contributed by atoms with Gasteiger partial charge in [-0.05, 0) is 43.2 Å². The van der Waals surface area contributed by atoms with Gasteiger partial charge in [0.1, 0.15) is 0 Å². The Morgan fingerprint density at radius 1 is 1.37 bits per heavy atom. The van der Waals surface area contributed by atoms with Crippen LogP contribution in [0, 0.1) is 6.92 Å². The molecule has 0 spiro atoms. The minimum absolute atomic E-state index is 0.0124. The Balaban J connectivity index is 2.11. The number of aryl methyl sites for hydroxylation is 1. The maximum Gasteiger partial charge on any atom is 0.335 e. The number of amides is 1. The highest BCUT2D eigenvalue weighted by atomic mass is 32.2. The zero-order valence-electron chi connectivity index (χ0n) is 10.8. The minimum atomic E-state index is -0.984. The number of carbonyl (C=O) groups excluding carboxylic acids is 1. The van der Waals surface area contributed by atoms with E-state index in [0.717, 1.165) is 24.2 Å². The lowest BCUT2D eigenvalue weighted by Gasteiger charge is -2.21. The molecular formula is C14H17NO3S. The summed E-state index contributed by atoms with van der Waals surface area (Å²) in [6, 6.07) is 4.78. The second kappa shape index (κ2) is 6.10. The lowest BCUT2D eigenvalue weighted by Crippen LogP contribution is -2.27. The number of nitrogens with one attached hydrogen (secondary N) is 1. The summed E-state index contributed by atoms with van der Waals surface area (Å²) in [6.07, 6.45) is 3.15. The summed E-state index contributed by atoms with van der Waals surface area (Å²) in [7, 11) is 0. The Bertz CT molecular complexity index is 495. The molecule has 1 saturated heterocycles. The van der Waals surface area contributed by atoms with Gasteiger partial charge in [0.25, 0.3) is 0 Å². The fourth-order valence-electron chi connectivity index (χ4n) is 2.05. The van der Waals surface area contributed by atoms with Gasteiger partial charge in [0.15, 0.2) is 0 Å².